The molecule has 3 heterocycles. The Hall–Kier alpha value is -4.13. The van der Waals surface area contributed by atoms with Crippen LogP contribution in [0.25, 0.3) is 11.0 Å². The number of aromatic amines is 1. The summed E-state index contributed by atoms with van der Waals surface area (Å²) in [5, 5.41) is 15.7. The molecule has 0 bridgehead atoms. The van der Waals surface area contributed by atoms with E-state index in [1.165, 1.54) is 18.3 Å². The van der Waals surface area contributed by atoms with Crippen molar-refractivity contribution in [2.45, 2.75) is 24.5 Å². The van der Waals surface area contributed by atoms with E-state index in [0.29, 0.717) is 17.8 Å². The highest BCUT2D eigenvalue weighted by Crippen LogP contribution is 2.50. The van der Waals surface area contributed by atoms with E-state index in [2.05, 4.69) is 25.6 Å². The number of amides is 1. The Balaban J connectivity index is 1.57. The van der Waals surface area contributed by atoms with E-state index < -0.39 is 29.4 Å². The normalized spacial score (nSPS) is 12.5. The van der Waals surface area contributed by atoms with E-state index in [-0.39, 0.29) is 23.6 Å². The van der Waals surface area contributed by atoms with Gasteiger partial charge in [-0.05, 0) is 42.0 Å². The minimum atomic E-state index is -6.05. The second-order valence-corrected chi connectivity index (χ2v) is 7.70. The molecule has 3 aromatic heterocycles. The third kappa shape index (κ3) is 4.56. The Morgan fingerprint density at radius 3 is 2.42 bits per heavy atom. The number of benzene rings is 1. The van der Waals surface area contributed by atoms with Crippen molar-refractivity contribution in [3.05, 3.63) is 83.8 Å². The number of aliphatic hydroxyl groups is 1. The average Bonchev–Trinajstić information content (AvgIpc) is 3.30. The summed E-state index contributed by atoms with van der Waals surface area (Å²) in [6.45, 7) is 0.244. The Morgan fingerprint density at radius 2 is 1.69 bits per heavy atom. The summed E-state index contributed by atoms with van der Waals surface area (Å²) in [4.78, 5) is 24.1. The van der Waals surface area contributed by atoms with Crippen LogP contribution in [-0.4, -0.2) is 38.3 Å². The number of rotatable bonds is 6. The number of fused-ring (bicyclic) bond motifs is 1. The molecule has 7 nitrogen and oxygen atoms in total. The number of hydrogen-bond donors (Lipinski definition) is 4. The van der Waals surface area contributed by atoms with Gasteiger partial charge in [0.2, 0.25) is 0 Å². The van der Waals surface area contributed by atoms with Crippen LogP contribution in [0.15, 0.2) is 67.1 Å². The van der Waals surface area contributed by atoms with Crippen molar-refractivity contribution < 1.29 is 36.2 Å². The lowest BCUT2D eigenvalue weighted by atomic mass is 9.92. The van der Waals surface area contributed by atoms with Crippen LogP contribution in [0.5, 0.6) is 0 Å². The molecule has 0 radical (unpaired) electrons. The number of nitrogens with zero attached hydrogens (tertiary/aromatic N) is 2. The van der Waals surface area contributed by atoms with Crippen molar-refractivity contribution in [3.8, 4) is 0 Å². The van der Waals surface area contributed by atoms with Gasteiger partial charge in [0.15, 0.2) is 0 Å². The van der Waals surface area contributed by atoms with Gasteiger partial charge < -0.3 is 20.7 Å². The summed E-state index contributed by atoms with van der Waals surface area (Å²) in [5.41, 5.74) is -5.50. The standard InChI is InChI=1S/C23H17F6N5O2/c24-22(25,26)21(36,23(27,28)29)14-3-1-4-15(11-14)34-20(35)17-5-2-8-30-19(17)33-12-13-6-9-31-18-16(13)7-10-32-18/h1-11,36H,12H2,(H,30,33)(H,31,32)(H,34,35). The molecule has 0 saturated heterocycles. The molecule has 0 atom stereocenters. The SMILES string of the molecule is O=C(Nc1cccc(C(O)(C(F)(F)F)C(F)(F)F)c1)c1cccnc1NCc1ccnc2[nH]ccc12. The molecule has 36 heavy (non-hydrogen) atoms. The lowest BCUT2D eigenvalue weighted by Crippen LogP contribution is -2.53. The van der Waals surface area contributed by atoms with Crippen LogP contribution in [0, 0.1) is 0 Å². The number of carbonyl (C=O) groups is 1. The highest BCUT2D eigenvalue weighted by molar-refractivity contribution is 6.07. The number of pyridine rings is 2. The lowest BCUT2D eigenvalue weighted by Gasteiger charge is -2.32. The van der Waals surface area contributed by atoms with Crippen molar-refractivity contribution in [1.29, 1.82) is 0 Å². The van der Waals surface area contributed by atoms with Gasteiger partial charge in [0.05, 0.1) is 5.56 Å². The molecule has 1 amide bonds. The van der Waals surface area contributed by atoms with Crippen molar-refractivity contribution in [3.63, 3.8) is 0 Å². The van der Waals surface area contributed by atoms with Crippen LogP contribution in [0.4, 0.5) is 37.8 Å². The Kier molecular flexibility index (Phi) is 6.35. The van der Waals surface area contributed by atoms with Crippen molar-refractivity contribution in [2.24, 2.45) is 0 Å². The maximum atomic E-state index is 13.2. The van der Waals surface area contributed by atoms with Crippen molar-refractivity contribution in [2.75, 3.05) is 10.6 Å². The highest BCUT2D eigenvalue weighted by Gasteiger charge is 2.71. The molecule has 13 heteroatoms. The summed E-state index contributed by atoms with van der Waals surface area (Å²) < 4.78 is 79.3. The molecule has 0 saturated carbocycles. The zero-order valence-electron chi connectivity index (χ0n) is 18.1. The molecule has 188 valence electrons. The first-order valence-corrected chi connectivity index (χ1v) is 10.3. The van der Waals surface area contributed by atoms with Crippen molar-refractivity contribution >= 4 is 28.4 Å². The molecule has 4 N–H and O–H groups in total. The molecule has 0 fully saturated rings. The molecule has 0 unspecified atom stereocenters. The summed E-state index contributed by atoms with van der Waals surface area (Å²) in [6.07, 6.45) is -7.38. The number of aromatic nitrogens is 3. The first-order valence-electron chi connectivity index (χ1n) is 10.3. The summed E-state index contributed by atoms with van der Waals surface area (Å²) in [5.74, 6) is -0.708. The summed E-state index contributed by atoms with van der Waals surface area (Å²) >= 11 is 0. The van der Waals surface area contributed by atoms with Gasteiger partial charge in [-0.2, -0.15) is 26.3 Å². The van der Waals surface area contributed by atoms with E-state index in [4.69, 9.17) is 0 Å². The first kappa shape index (κ1) is 25.0. The van der Waals surface area contributed by atoms with Crippen LogP contribution in [0.3, 0.4) is 0 Å². The number of anilines is 2. The molecule has 4 aromatic rings. The minimum Gasteiger partial charge on any atom is -0.369 e. The van der Waals surface area contributed by atoms with E-state index in [0.717, 1.165) is 23.1 Å². The van der Waals surface area contributed by atoms with Gasteiger partial charge in [0, 0.05) is 41.8 Å². The maximum absolute atomic E-state index is 13.2. The van der Waals surface area contributed by atoms with Crippen LogP contribution < -0.4 is 10.6 Å². The predicted octanol–water partition coefficient (Wildman–Crippen LogP) is 5.13. The fraction of sp³-hybridized carbons (Fsp3) is 0.174. The second kappa shape index (κ2) is 9.15. The molecule has 0 aliphatic heterocycles. The fourth-order valence-electron chi connectivity index (χ4n) is 3.59. The van der Waals surface area contributed by atoms with E-state index in [1.54, 1.807) is 18.5 Å². The lowest BCUT2D eigenvalue weighted by molar-refractivity contribution is -0.376. The van der Waals surface area contributed by atoms with Crippen molar-refractivity contribution in [1.82, 2.24) is 15.0 Å². The van der Waals surface area contributed by atoms with Crippen LogP contribution in [0.1, 0.15) is 21.5 Å². The zero-order valence-corrected chi connectivity index (χ0v) is 18.1. The predicted molar refractivity (Wildman–Crippen MR) is 118 cm³/mol. The molecule has 0 aliphatic rings. The second-order valence-electron chi connectivity index (χ2n) is 7.70. The van der Waals surface area contributed by atoms with E-state index >= 15 is 0 Å². The van der Waals surface area contributed by atoms with Gasteiger partial charge in [0.1, 0.15) is 11.5 Å². The quantitative estimate of drug-likeness (QED) is 0.270. The van der Waals surface area contributed by atoms with Crippen LogP contribution in [-0.2, 0) is 12.1 Å². The summed E-state index contributed by atoms with van der Waals surface area (Å²) in [7, 11) is 0. The topological polar surface area (TPSA) is 103 Å². The summed E-state index contributed by atoms with van der Waals surface area (Å²) in [6, 6.07) is 9.26. The zero-order chi connectivity index (χ0) is 26.1. The molecule has 0 spiro atoms. The highest BCUT2D eigenvalue weighted by atomic mass is 19.4. The van der Waals surface area contributed by atoms with Gasteiger partial charge in [-0.15, -0.1) is 0 Å². The van der Waals surface area contributed by atoms with Gasteiger partial charge in [-0.25, -0.2) is 9.97 Å². The van der Waals surface area contributed by atoms with E-state index in [1.807, 2.05) is 6.07 Å². The number of nitrogens with one attached hydrogen (secondary N) is 3. The van der Waals surface area contributed by atoms with Crippen LogP contribution in [0.2, 0.25) is 0 Å². The first-order chi connectivity index (χ1) is 16.9. The molecule has 0 aliphatic carbocycles. The third-order valence-electron chi connectivity index (χ3n) is 5.41. The number of H-pyrrole nitrogens is 1. The average molecular weight is 509 g/mol. The number of alkyl halides is 6. The molecule has 1 aromatic carbocycles. The molecular formula is C23H17F6N5O2. The van der Waals surface area contributed by atoms with Crippen LogP contribution >= 0.6 is 0 Å². The third-order valence-corrected chi connectivity index (χ3v) is 5.41. The molecular weight excluding hydrogens is 492 g/mol. The Morgan fingerprint density at radius 1 is 0.944 bits per heavy atom. The maximum Gasteiger partial charge on any atom is 0.430 e. The minimum absolute atomic E-state index is 0.0100. The van der Waals surface area contributed by atoms with Gasteiger partial charge in [-0.1, -0.05) is 12.1 Å². The van der Waals surface area contributed by atoms with E-state index in [9.17, 15) is 36.2 Å². The fourth-order valence-corrected chi connectivity index (χ4v) is 3.59. The number of carbonyl (C=O) groups excluding carboxylic acids is 1. The van der Waals surface area contributed by atoms with Gasteiger partial charge in [0.25, 0.3) is 11.5 Å². The largest absolute Gasteiger partial charge is 0.430 e. The van der Waals surface area contributed by atoms with Gasteiger partial charge in [-0.3, -0.25) is 4.79 Å². The Bertz CT molecular complexity index is 1390. The molecule has 4 rings (SSSR count). The number of halogens is 6. The van der Waals surface area contributed by atoms with Gasteiger partial charge >= 0.3 is 12.4 Å². The Labute approximate surface area is 199 Å². The number of hydrogen-bond acceptors (Lipinski definition) is 5. The smallest absolute Gasteiger partial charge is 0.369 e. The monoisotopic (exact) mass is 509 g/mol.